The minimum atomic E-state index is -0.343. The zero-order valence-corrected chi connectivity index (χ0v) is 15.3. The largest absolute Gasteiger partial charge is 0.484 e. The highest BCUT2D eigenvalue weighted by Gasteiger charge is 2.03. The number of rotatable bonds is 6. The van der Waals surface area contributed by atoms with Crippen LogP contribution in [0.2, 0.25) is 0 Å². The fourth-order valence-corrected chi connectivity index (χ4v) is 2.55. The minimum Gasteiger partial charge on any atom is -0.484 e. The third-order valence-corrected chi connectivity index (χ3v) is 3.89. The summed E-state index contributed by atoms with van der Waals surface area (Å²) in [6.45, 7) is -0.113. The number of furan rings is 1. The zero-order chi connectivity index (χ0) is 17.5. The van der Waals surface area contributed by atoms with Crippen LogP contribution in [0, 0.1) is 3.77 Å². The molecule has 0 fully saturated rings. The molecule has 0 saturated carbocycles. The van der Waals surface area contributed by atoms with Gasteiger partial charge in [-0.2, -0.15) is 5.10 Å². The third-order valence-electron chi connectivity index (χ3n) is 3.31. The van der Waals surface area contributed by atoms with Crippen LogP contribution < -0.4 is 10.2 Å². The lowest BCUT2D eigenvalue weighted by Gasteiger charge is -2.06. The second kappa shape index (κ2) is 8.48. The van der Waals surface area contributed by atoms with Gasteiger partial charge in [0.1, 0.15) is 11.5 Å². The summed E-state index contributed by atoms with van der Waals surface area (Å²) in [6.07, 6.45) is 1.44. The number of hydrogen-bond donors (Lipinski definition) is 1. The molecule has 0 aliphatic rings. The number of nitrogens with zero attached hydrogens (tertiary/aromatic N) is 1. The van der Waals surface area contributed by atoms with Gasteiger partial charge in [-0.3, -0.25) is 4.79 Å². The van der Waals surface area contributed by atoms with Crippen LogP contribution in [0.4, 0.5) is 0 Å². The molecule has 1 aromatic heterocycles. The first-order chi connectivity index (χ1) is 12.2. The minimum absolute atomic E-state index is 0.113. The predicted octanol–water partition coefficient (Wildman–Crippen LogP) is 4.08. The van der Waals surface area contributed by atoms with E-state index < -0.39 is 0 Å². The smallest absolute Gasteiger partial charge is 0.277 e. The van der Waals surface area contributed by atoms with Gasteiger partial charge in [0.05, 0.1) is 6.21 Å². The molecule has 5 nitrogen and oxygen atoms in total. The van der Waals surface area contributed by atoms with Gasteiger partial charge < -0.3 is 9.15 Å². The molecule has 3 rings (SSSR count). The summed E-state index contributed by atoms with van der Waals surface area (Å²) in [6, 6.07) is 21.2. The first-order valence-corrected chi connectivity index (χ1v) is 8.64. The molecular formula is C19H15IN2O3. The van der Waals surface area contributed by atoms with Crippen molar-refractivity contribution in [1.29, 1.82) is 0 Å². The van der Waals surface area contributed by atoms with Crippen molar-refractivity contribution in [2.45, 2.75) is 0 Å². The lowest BCUT2D eigenvalue weighted by atomic mass is 10.1. The second-order valence-corrected chi connectivity index (χ2v) is 6.18. The van der Waals surface area contributed by atoms with E-state index in [1.54, 1.807) is 6.07 Å². The Balaban J connectivity index is 1.48. The molecule has 0 spiro atoms. The van der Waals surface area contributed by atoms with E-state index in [1.165, 1.54) is 6.21 Å². The Bertz CT molecular complexity index is 858. The summed E-state index contributed by atoms with van der Waals surface area (Å²) < 4.78 is 11.5. The molecule has 6 heteroatoms. The summed E-state index contributed by atoms with van der Waals surface area (Å²) in [5.41, 5.74) is 4.62. The van der Waals surface area contributed by atoms with Crippen molar-refractivity contribution < 1.29 is 13.9 Å². The van der Waals surface area contributed by atoms with Crippen molar-refractivity contribution in [3.63, 3.8) is 0 Å². The van der Waals surface area contributed by atoms with Gasteiger partial charge in [0.15, 0.2) is 10.4 Å². The van der Waals surface area contributed by atoms with Crippen molar-refractivity contribution >= 4 is 34.7 Å². The molecule has 126 valence electrons. The molecule has 1 N–H and O–H groups in total. The maximum absolute atomic E-state index is 11.7. The Morgan fingerprint density at radius 3 is 2.44 bits per heavy atom. The van der Waals surface area contributed by atoms with Gasteiger partial charge in [-0.1, -0.05) is 42.5 Å². The van der Waals surface area contributed by atoms with Crippen molar-refractivity contribution in [3.8, 4) is 16.9 Å². The molecule has 0 radical (unpaired) electrons. The summed E-state index contributed by atoms with van der Waals surface area (Å²) in [4.78, 5) is 11.7. The van der Waals surface area contributed by atoms with Crippen LogP contribution in [0.1, 0.15) is 5.76 Å². The van der Waals surface area contributed by atoms with E-state index in [0.29, 0.717) is 11.5 Å². The SMILES string of the molecule is O=C(COc1ccc(-c2ccccc2)cc1)N/N=C/c1ccc(I)o1. The fourth-order valence-electron chi connectivity index (χ4n) is 2.12. The number of ether oxygens (including phenoxy) is 1. The Kier molecular flexibility index (Phi) is 5.84. The number of hydrazone groups is 1. The van der Waals surface area contributed by atoms with E-state index in [4.69, 9.17) is 9.15 Å². The molecule has 2 aromatic carbocycles. The normalized spacial score (nSPS) is 10.8. The van der Waals surface area contributed by atoms with E-state index >= 15 is 0 Å². The Morgan fingerprint density at radius 2 is 1.76 bits per heavy atom. The molecule has 0 aliphatic heterocycles. The highest BCUT2D eigenvalue weighted by Crippen LogP contribution is 2.21. The third kappa shape index (κ3) is 5.18. The molecule has 1 amide bonds. The topological polar surface area (TPSA) is 63.8 Å². The van der Waals surface area contributed by atoms with Crippen LogP contribution in [-0.2, 0) is 4.79 Å². The monoisotopic (exact) mass is 446 g/mol. The number of halogens is 1. The number of carbonyl (C=O) groups is 1. The number of benzene rings is 2. The lowest BCUT2D eigenvalue weighted by Crippen LogP contribution is -2.24. The number of carbonyl (C=O) groups excluding carboxylic acids is 1. The van der Waals surface area contributed by atoms with Crippen LogP contribution in [0.15, 0.2) is 76.2 Å². The van der Waals surface area contributed by atoms with E-state index in [9.17, 15) is 4.79 Å². The van der Waals surface area contributed by atoms with Crippen molar-refractivity contribution in [2.75, 3.05) is 6.61 Å². The number of amides is 1. The maximum Gasteiger partial charge on any atom is 0.277 e. The van der Waals surface area contributed by atoms with E-state index in [-0.39, 0.29) is 12.5 Å². The maximum atomic E-state index is 11.7. The molecular weight excluding hydrogens is 431 g/mol. The average Bonchev–Trinajstić information content (AvgIpc) is 3.06. The molecule has 0 aliphatic carbocycles. The molecule has 0 atom stereocenters. The first kappa shape index (κ1) is 17.2. The Labute approximate surface area is 158 Å². The summed E-state index contributed by atoms with van der Waals surface area (Å²) in [5, 5.41) is 3.82. The molecule has 3 aromatic rings. The molecule has 25 heavy (non-hydrogen) atoms. The van der Waals surface area contributed by atoms with Gasteiger partial charge in [-0.15, -0.1) is 0 Å². The van der Waals surface area contributed by atoms with E-state index in [2.05, 4.69) is 33.1 Å². The molecule has 1 heterocycles. The van der Waals surface area contributed by atoms with Crippen molar-refractivity contribution in [1.82, 2.24) is 5.43 Å². The van der Waals surface area contributed by atoms with Crippen molar-refractivity contribution in [3.05, 3.63) is 76.3 Å². The van der Waals surface area contributed by atoms with Crippen LogP contribution in [0.25, 0.3) is 11.1 Å². The second-order valence-electron chi connectivity index (χ2n) is 5.11. The van der Waals surface area contributed by atoms with Gasteiger partial charge in [0.25, 0.3) is 5.91 Å². The quantitative estimate of drug-likeness (QED) is 0.353. The van der Waals surface area contributed by atoms with Gasteiger partial charge in [-0.25, -0.2) is 5.43 Å². The van der Waals surface area contributed by atoms with E-state index in [1.807, 2.05) is 60.7 Å². The summed E-state index contributed by atoms with van der Waals surface area (Å²) >= 11 is 2.06. The fraction of sp³-hybridized carbons (Fsp3) is 0.0526. The highest BCUT2D eigenvalue weighted by atomic mass is 127. The van der Waals surface area contributed by atoms with Crippen LogP contribution in [0.5, 0.6) is 5.75 Å². The predicted molar refractivity (Wildman–Crippen MR) is 105 cm³/mol. The van der Waals surface area contributed by atoms with Gasteiger partial charge in [0, 0.05) is 0 Å². The van der Waals surface area contributed by atoms with Gasteiger partial charge in [0.2, 0.25) is 0 Å². The standard InChI is InChI=1S/C19H15IN2O3/c20-18-11-10-17(25-18)12-21-22-19(23)13-24-16-8-6-15(7-9-16)14-4-2-1-3-5-14/h1-12H,13H2,(H,22,23)/b21-12+. The summed E-state index contributed by atoms with van der Waals surface area (Å²) in [5.74, 6) is 0.853. The molecule has 0 unspecified atom stereocenters. The average molecular weight is 446 g/mol. The van der Waals surface area contributed by atoms with Gasteiger partial charge >= 0.3 is 0 Å². The summed E-state index contributed by atoms with van der Waals surface area (Å²) in [7, 11) is 0. The highest BCUT2D eigenvalue weighted by molar-refractivity contribution is 14.1. The number of hydrogen-bond acceptors (Lipinski definition) is 4. The zero-order valence-electron chi connectivity index (χ0n) is 13.2. The lowest BCUT2D eigenvalue weighted by molar-refractivity contribution is -0.123. The van der Waals surface area contributed by atoms with Crippen LogP contribution >= 0.6 is 22.6 Å². The Hall–Kier alpha value is -2.61. The molecule has 0 bridgehead atoms. The van der Waals surface area contributed by atoms with Crippen LogP contribution in [0.3, 0.4) is 0 Å². The van der Waals surface area contributed by atoms with Gasteiger partial charge in [-0.05, 0) is 58.0 Å². The first-order valence-electron chi connectivity index (χ1n) is 7.56. The number of nitrogens with one attached hydrogen (secondary N) is 1. The van der Waals surface area contributed by atoms with Crippen LogP contribution in [-0.4, -0.2) is 18.7 Å². The molecule has 0 saturated heterocycles. The van der Waals surface area contributed by atoms with E-state index in [0.717, 1.165) is 14.9 Å². The van der Waals surface area contributed by atoms with Crippen molar-refractivity contribution in [2.24, 2.45) is 5.10 Å². The Morgan fingerprint density at radius 1 is 1.04 bits per heavy atom.